The number of unbranched alkanes of at least 4 members (excludes halogenated alkanes) is 1. The summed E-state index contributed by atoms with van der Waals surface area (Å²) in [5.41, 5.74) is 0.991. The molecule has 1 atom stereocenters. The SMILES string of the molecule is C=C(C)CCOC(=O)CCCC(=O)OCC(CC)CCCC. The maximum Gasteiger partial charge on any atom is 0.305 e. The molecule has 0 aliphatic heterocycles. The van der Waals surface area contributed by atoms with Crippen LogP contribution < -0.4 is 0 Å². The normalized spacial score (nSPS) is 11.8. The van der Waals surface area contributed by atoms with Gasteiger partial charge in [-0.2, -0.15) is 0 Å². The van der Waals surface area contributed by atoms with Crippen LogP contribution in [-0.2, 0) is 19.1 Å². The second kappa shape index (κ2) is 13.4. The Hall–Kier alpha value is -1.32. The van der Waals surface area contributed by atoms with Gasteiger partial charge in [-0.25, -0.2) is 0 Å². The van der Waals surface area contributed by atoms with Crippen LogP contribution in [0.25, 0.3) is 0 Å². The van der Waals surface area contributed by atoms with Crippen LogP contribution in [0.1, 0.15) is 72.1 Å². The molecule has 0 aromatic heterocycles. The second-order valence-corrected chi connectivity index (χ2v) is 5.88. The number of esters is 2. The molecule has 0 aromatic carbocycles. The highest BCUT2D eigenvalue weighted by molar-refractivity contribution is 5.72. The van der Waals surface area contributed by atoms with Gasteiger partial charge < -0.3 is 9.47 Å². The number of hydrogen-bond acceptors (Lipinski definition) is 4. The lowest BCUT2D eigenvalue weighted by Crippen LogP contribution is -2.14. The number of ether oxygens (including phenoxy) is 2. The average molecular weight is 312 g/mol. The standard InChI is InChI=1S/C18H32O4/c1-5-7-9-16(6-2)14-22-18(20)11-8-10-17(19)21-13-12-15(3)4/h16H,3,5-14H2,1-2,4H3. The van der Waals surface area contributed by atoms with E-state index in [1.165, 1.54) is 6.42 Å². The average Bonchev–Trinajstić information content (AvgIpc) is 2.47. The first kappa shape index (κ1) is 20.7. The van der Waals surface area contributed by atoms with E-state index in [9.17, 15) is 9.59 Å². The zero-order valence-corrected chi connectivity index (χ0v) is 14.5. The van der Waals surface area contributed by atoms with Crippen molar-refractivity contribution in [2.75, 3.05) is 13.2 Å². The van der Waals surface area contributed by atoms with Crippen LogP contribution in [0.4, 0.5) is 0 Å². The summed E-state index contributed by atoms with van der Waals surface area (Å²) < 4.78 is 10.3. The van der Waals surface area contributed by atoms with Gasteiger partial charge in [-0.15, -0.1) is 6.58 Å². The maximum absolute atomic E-state index is 11.6. The first-order chi connectivity index (χ1) is 10.5. The minimum Gasteiger partial charge on any atom is -0.465 e. The molecule has 0 aliphatic rings. The third-order valence-electron chi connectivity index (χ3n) is 3.58. The van der Waals surface area contributed by atoms with Crippen molar-refractivity contribution in [3.63, 3.8) is 0 Å². The van der Waals surface area contributed by atoms with Gasteiger partial charge in [0, 0.05) is 19.3 Å². The van der Waals surface area contributed by atoms with Crippen LogP contribution in [-0.4, -0.2) is 25.2 Å². The molecule has 128 valence electrons. The Morgan fingerprint density at radius 1 is 1.00 bits per heavy atom. The molecule has 4 heteroatoms. The van der Waals surface area contributed by atoms with Crippen molar-refractivity contribution in [1.82, 2.24) is 0 Å². The van der Waals surface area contributed by atoms with Crippen molar-refractivity contribution in [3.8, 4) is 0 Å². The second-order valence-electron chi connectivity index (χ2n) is 5.88. The fraction of sp³-hybridized carbons (Fsp3) is 0.778. The quantitative estimate of drug-likeness (QED) is 0.373. The van der Waals surface area contributed by atoms with Gasteiger partial charge in [0.25, 0.3) is 0 Å². The predicted molar refractivity (Wildman–Crippen MR) is 88.5 cm³/mol. The smallest absolute Gasteiger partial charge is 0.305 e. The molecule has 22 heavy (non-hydrogen) atoms. The van der Waals surface area contributed by atoms with Crippen LogP contribution in [0.2, 0.25) is 0 Å². The van der Waals surface area contributed by atoms with Crippen LogP contribution >= 0.6 is 0 Å². The summed E-state index contributed by atoms with van der Waals surface area (Å²) in [5, 5.41) is 0. The van der Waals surface area contributed by atoms with E-state index < -0.39 is 0 Å². The summed E-state index contributed by atoms with van der Waals surface area (Å²) >= 11 is 0. The zero-order valence-electron chi connectivity index (χ0n) is 14.5. The van der Waals surface area contributed by atoms with Gasteiger partial charge in [0.15, 0.2) is 0 Å². The Kier molecular flexibility index (Phi) is 12.5. The molecule has 0 saturated carbocycles. The molecule has 4 nitrogen and oxygen atoms in total. The van der Waals surface area contributed by atoms with Crippen LogP contribution in [0, 0.1) is 5.92 Å². The Morgan fingerprint density at radius 2 is 1.64 bits per heavy atom. The summed E-state index contributed by atoms with van der Waals surface area (Å²) in [6.07, 6.45) is 6.18. The largest absolute Gasteiger partial charge is 0.465 e. The van der Waals surface area contributed by atoms with E-state index in [4.69, 9.17) is 9.47 Å². The third kappa shape index (κ3) is 12.4. The van der Waals surface area contributed by atoms with Crippen molar-refractivity contribution in [3.05, 3.63) is 12.2 Å². The van der Waals surface area contributed by atoms with E-state index in [1.807, 2.05) is 6.92 Å². The van der Waals surface area contributed by atoms with E-state index in [2.05, 4.69) is 20.4 Å². The highest BCUT2D eigenvalue weighted by Gasteiger charge is 2.11. The van der Waals surface area contributed by atoms with E-state index in [1.54, 1.807) is 0 Å². The first-order valence-electron chi connectivity index (χ1n) is 8.45. The predicted octanol–water partition coefficient (Wildman–Crippen LogP) is 4.43. The highest BCUT2D eigenvalue weighted by atomic mass is 16.5. The maximum atomic E-state index is 11.6. The molecule has 0 N–H and O–H groups in total. The van der Waals surface area contributed by atoms with Gasteiger partial charge >= 0.3 is 11.9 Å². The van der Waals surface area contributed by atoms with Crippen molar-refractivity contribution >= 4 is 11.9 Å². The lowest BCUT2D eigenvalue weighted by molar-refractivity contribution is -0.146. The van der Waals surface area contributed by atoms with Gasteiger partial charge in [-0.1, -0.05) is 38.7 Å². The van der Waals surface area contributed by atoms with E-state index >= 15 is 0 Å². The van der Waals surface area contributed by atoms with Crippen molar-refractivity contribution in [2.24, 2.45) is 5.92 Å². The topological polar surface area (TPSA) is 52.6 Å². The molecular formula is C18H32O4. The van der Waals surface area contributed by atoms with Gasteiger partial charge in [0.05, 0.1) is 13.2 Å². The van der Waals surface area contributed by atoms with Gasteiger partial charge in [-0.3, -0.25) is 9.59 Å². The summed E-state index contributed by atoms with van der Waals surface area (Å²) in [6, 6.07) is 0. The third-order valence-corrected chi connectivity index (χ3v) is 3.58. The molecular weight excluding hydrogens is 280 g/mol. The molecule has 0 spiro atoms. The van der Waals surface area contributed by atoms with Crippen LogP contribution in [0.15, 0.2) is 12.2 Å². The molecule has 0 aliphatic carbocycles. The van der Waals surface area contributed by atoms with Crippen molar-refractivity contribution in [2.45, 2.75) is 72.1 Å². The van der Waals surface area contributed by atoms with Crippen molar-refractivity contribution < 1.29 is 19.1 Å². The lowest BCUT2D eigenvalue weighted by Gasteiger charge is -2.14. The number of carbonyl (C=O) groups is 2. The minimum atomic E-state index is -0.261. The minimum absolute atomic E-state index is 0.218. The zero-order chi connectivity index (χ0) is 16.8. The molecule has 0 radical (unpaired) electrons. The Bertz CT molecular complexity index is 336. The van der Waals surface area contributed by atoms with Crippen molar-refractivity contribution in [1.29, 1.82) is 0 Å². The summed E-state index contributed by atoms with van der Waals surface area (Å²) in [7, 11) is 0. The monoisotopic (exact) mass is 312 g/mol. The number of hydrogen-bond donors (Lipinski definition) is 0. The van der Waals surface area contributed by atoms with Crippen LogP contribution in [0.5, 0.6) is 0 Å². The molecule has 0 fully saturated rings. The fourth-order valence-corrected chi connectivity index (χ4v) is 1.97. The summed E-state index contributed by atoms with van der Waals surface area (Å²) in [4.78, 5) is 23.1. The molecule has 0 bridgehead atoms. The molecule has 0 heterocycles. The number of carbonyl (C=O) groups excluding carboxylic acids is 2. The Balaban J connectivity index is 3.67. The molecule has 1 unspecified atom stereocenters. The summed E-state index contributed by atoms with van der Waals surface area (Å²) in [6.45, 7) is 10.8. The Labute approximate surface area is 135 Å². The Morgan fingerprint density at radius 3 is 2.18 bits per heavy atom. The van der Waals surface area contributed by atoms with Gasteiger partial charge in [0.2, 0.25) is 0 Å². The lowest BCUT2D eigenvalue weighted by atomic mass is 10.0. The highest BCUT2D eigenvalue weighted by Crippen LogP contribution is 2.13. The van der Waals surface area contributed by atoms with Crippen LogP contribution in [0.3, 0.4) is 0 Å². The molecule has 0 rings (SSSR count). The summed E-state index contributed by atoms with van der Waals surface area (Å²) in [5.74, 6) is -0.0240. The van der Waals surface area contributed by atoms with Gasteiger partial charge in [0.1, 0.15) is 0 Å². The molecule has 0 saturated heterocycles. The number of rotatable bonds is 13. The van der Waals surface area contributed by atoms with Gasteiger partial charge in [-0.05, 0) is 25.7 Å². The van der Waals surface area contributed by atoms with E-state index in [0.717, 1.165) is 24.8 Å². The van der Waals surface area contributed by atoms with E-state index in [-0.39, 0.29) is 24.8 Å². The molecule has 0 aromatic rings. The van der Waals surface area contributed by atoms with E-state index in [0.29, 0.717) is 32.0 Å². The first-order valence-corrected chi connectivity index (χ1v) is 8.45. The fourth-order valence-electron chi connectivity index (χ4n) is 1.97. The molecule has 0 amide bonds.